The molecule has 0 radical (unpaired) electrons. The fourth-order valence-electron chi connectivity index (χ4n) is 4.84. The van der Waals surface area contributed by atoms with E-state index in [1.807, 2.05) is 36.0 Å². The van der Waals surface area contributed by atoms with Crippen molar-refractivity contribution >= 4 is 22.8 Å². The number of piperidine rings is 1. The zero-order chi connectivity index (χ0) is 22.4. The molecule has 1 N–H and O–H groups in total. The summed E-state index contributed by atoms with van der Waals surface area (Å²) < 4.78 is 13.5. The van der Waals surface area contributed by atoms with E-state index in [-0.39, 0.29) is 17.3 Å². The normalized spacial score (nSPS) is 21.7. The number of hydrogen-bond acceptors (Lipinski definition) is 4. The number of nitrogens with zero attached hydrogens (tertiary/aromatic N) is 1. The van der Waals surface area contributed by atoms with Crippen LogP contribution in [0, 0.1) is 5.92 Å². The van der Waals surface area contributed by atoms with Crippen LogP contribution in [0.25, 0.3) is 17.0 Å². The molecule has 2 aliphatic rings. The fourth-order valence-corrected chi connectivity index (χ4v) is 4.84. The van der Waals surface area contributed by atoms with Crippen molar-refractivity contribution in [1.82, 2.24) is 4.57 Å². The van der Waals surface area contributed by atoms with Gasteiger partial charge in [0.05, 0.1) is 25.8 Å². The molecule has 2 aliphatic heterocycles. The number of ether oxygens (including phenoxy) is 2. The second kappa shape index (κ2) is 8.02. The number of rotatable bonds is 4. The largest absolute Gasteiger partial charge is 0.872 e. The number of carbonyl (C=O) groups is 1. The van der Waals surface area contributed by atoms with Crippen LogP contribution in [0.3, 0.4) is 0 Å². The Balaban J connectivity index is 1.49. The first kappa shape index (κ1) is 20.6. The summed E-state index contributed by atoms with van der Waals surface area (Å²) >= 11 is 0. The molecule has 6 nitrogen and oxygen atoms in total. The minimum absolute atomic E-state index is 0.0566. The Morgan fingerprint density at radius 3 is 2.78 bits per heavy atom. The van der Waals surface area contributed by atoms with Gasteiger partial charge in [-0.1, -0.05) is 18.7 Å². The summed E-state index contributed by atoms with van der Waals surface area (Å²) in [6.45, 7) is 4.95. The van der Waals surface area contributed by atoms with Gasteiger partial charge in [0, 0.05) is 35.3 Å². The summed E-state index contributed by atoms with van der Waals surface area (Å²) in [5.74, 6) is 1.95. The van der Waals surface area contributed by atoms with Gasteiger partial charge in [-0.25, -0.2) is 0 Å². The van der Waals surface area contributed by atoms with Crippen molar-refractivity contribution in [3.05, 3.63) is 59.0 Å². The highest BCUT2D eigenvalue weighted by molar-refractivity contribution is 6.15. The maximum Gasteiger partial charge on any atom is 0.231 e. The van der Waals surface area contributed by atoms with Crippen LogP contribution in [-0.2, 0) is 13.6 Å². The molecule has 32 heavy (non-hydrogen) atoms. The molecule has 1 saturated heterocycles. The monoisotopic (exact) mass is 432 g/mol. The van der Waals surface area contributed by atoms with E-state index in [1.165, 1.54) is 11.0 Å². The summed E-state index contributed by atoms with van der Waals surface area (Å²) in [5, 5.41) is 13.7. The van der Waals surface area contributed by atoms with Gasteiger partial charge in [-0.15, -0.1) is 0 Å². The van der Waals surface area contributed by atoms with Crippen LogP contribution >= 0.6 is 0 Å². The van der Waals surface area contributed by atoms with Crippen molar-refractivity contribution in [2.45, 2.75) is 26.3 Å². The first-order valence-corrected chi connectivity index (χ1v) is 11.2. The molecule has 2 aromatic carbocycles. The van der Waals surface area contributed by atoms with E-state index >= 15 is 0 Å². The molecule has 0 unspecified atom stereocenters. The van der Waals surface area contributed by atoms with Gasteiger partial charge < -0.3 is 24.0 Å². The summed E-state index contributed by atoms with van der Waals surface area (Å²) in [5.41, 5.74) is 3.00. The number of quaternary nitrogens is 1. The van der Waals surface area contributed by atoms with Gasteiger partial charge in [0.1, 0.15) is 18.0 Å². The number of carbonyl (C=O) groups excluding carboxylic acids is 1. The van der Waals surface area contributed by atoms with Gasteiger partial charge in [0.15, 0.2) is 5.76 Å². The van der Waals surface area contributed by atoms with E-state index in [2.05, 4.69) is 6.92 Å². The Morgan fingerprint density at radius 1 is 1.25 bits per heavy atom. The second-order valence-corrected chi connectivity index (χ2v) is 9.05. The molecule has 166 valence electrons. The molecule has 3 heterocycles. The molecular formula is C26H28N2O4. The third-order valence-electron chi connectivity index (χ3n) is 6.82. The Labute approximate surface area is 187 Å². The molecule has 3 aromatic rings. The summed E-state index contributed by atoms with van der Waals surface area (Å²) in [6, 6.07) is 8.97. The Morgan fingerprint density at radius 2 is 2.03 bits per heavy atom. The molecule has 6 heteroatoms. The Bertz CT molecular complexity index is 1230. The molecule has 1 fully saturated rings. The van der Waals surface area contributed by atoms with E-state index in [4.69, 9.17) is 9.47 Å². The molecule has 0 bridgehead atoms. The maximum absolute atomic E-state index is 13.1. The second-order valence-electron chi connectivity index (χ2n) is 9.05. The van der Waals surface area contributed by atoms with Crippen LogP contribution in [0.5, 0.6) is 17.2 Å². The number of fused-ring (bicyclic) bond motifs is 2. The smallest absolute Gasteiger partial charge is 0.231 e. The molecule has 0 atom stereocenters. The molecule has 5 rings (SSSR count). The number of methoxy groups -OCH3 is 1. The molecule has 0 saturated carbocycles. The van der Waals surface area contributed by atoms with Crippen molar-refractivity contribution < 1.29 is 24.3 Å². The predicted molar refractivity (Wildman–Crippen MR) is 121 cm³/mol. The third-order valence-corrected chi connectivity index (χ3v) is 6.82. The van der Waals surface area contributed by atoms with E-state index in [0.717, 1.165) is 54.1 Å². The van der Waals surface area contributed by atoms with Gasteiger partial charge in [-0.2, -0.15) is 0 Å². The molecule has 0 aliphatic carbocycles. The van der Waals surface area contributed by atoms with Crippen LogP contribution < -0.4 is 19.5 Å². The molecule has 0 amide bonds. The van der Waals surface area contributed by atoms with Crippen LogP contribution in [0.2, 0.25) is 0 Å². The topological polar surface area (TPSA) is 68.0 Å². The van der Waals surface area contributed by atoms with Gasteiger partial charge in [0.2, 0.25) is 5.78 Å². The number of likely N-dealkylation sites (tertiary alicyclic amines) is 1. The number of Topliss-reactive ketones (excluding diaryl/α,β-unsaturated/α-hetero) is 1. The first-order chi connectivity index (χ1) is 15.4. The number of aryl methyl sites for hydroxylation is 1. The fraction of sp³-hybridized carbons (Fsp3) is 0.346. The average molecular weight is 433 g/mol. The van der Waals surface area contributed by atoms with Crippen LogP contribution in [-0.4, -0.2) is 30.5 Å². The van der Waals surface area contributed by atoms with Gasteiger partial charge in [-0.05, 0) is 49.1 Å². The average Bonchev–Trinajstić information content (AvgIpc) is 3.28. The van der Waals surface area contributed by atoms with Crippen molar-refractivity contribution in [2.75, 3.05) is 20.2 Å². The van der Waals surface area contributed by atoms with E-state index < -0.39 is 0 Å². The molecular weight excluding hydrogens is 404 g/mol. The standard InChI is InChI=1S/C26H28N2O4/c1-16-8-10-28(11-9-16)15-21-23(29)7-5-19-25(30)24(32-26(19)21)12-17-14-27(2)22-6-4-18(31-3)13-20(17)22/h4-7,12-14,16,29H,8-11,15H2,1-3H3/b24-12-. The highest BCUT2D eigenvalue weighted by Gasteiger charge is 2.32. The Kier molecular flexibility index (Phi) is 5.18. The van der Waals surface area contributed by atoms with Crippen molar-refractivity contribution in [3.8, 4) is 17.2 Å². The number of ketones is 1. The maximum atomic E-state index is 13.1. The lowest BCUT2D eigenvalue weighted by Gasteiger charge is -2.29. The number of benzene rings is 2. The van der Waals surface area contributed by atoms with Crippen molar-refractivity contribution in [1.29, 1.82) is 0 Å². The lowest BCUT2D eigenvalue weighted by Crippen LogP contribution is -3.11. The molecule has 0 spiro atoms. The van der Waals surface area contributed by atoms with Gasteiger partial charge in [-0.3, -0.25) is 4.79 Å². The SMILES string of the molecule is COc1ccc2c(c1)c(/C=C1\Oc3c(ccc([O-])c3C[NH+]3CCC(C)CC3)C1=O)cn2C. The number of hydrogen-bond donors (Lipinski definition) is 1. The zero-order valence-corrected chi connectivity index (χ0v) is 18.7. The minimum Gasteiger partial charge on any atom is -0.872 e. The third kappa shape index (κ3) is 3.54. The number of aromatic nitrogens is 1. The summed E-state index contributed by atoms with van der Waals surface area (Å²) in [4.78, 5) is 14.5. The lowest BCUT2D eigenvalue weighted by molar-refractivity contribution is -0.919. The first-order valence-electron chi connectivity index (χ1n) is 11.2. The van der Waals surface area contributed by atoms with Crippen molar-refractivity contribution in [2.24, 2.45) is 13.0 Å². The van der Waals surface area contributed by atoms with E-state index in [1.54, 1.807) is 19.3 Å². The van der Waals surface area contributed by atoms with E-state index in [0.29, 0.717) is 23.4 Å². The van der Waals surface area contributed by atoms with Crippen LogP contribution in [0.1, 0.15) is 41.3 Å². The van der Waals surface area contributed by atoms with Crippen LogP contribution in [0.15, 0.2) is 42.3 Å². The zero-order valence-electron chi connectivity index (χ0n) is 18.7. The predicted octanol–water partition coefficient (Wildman–Crippen LogP) is 2.69. The van der Waals surface area contributed by atoms with Gasteiger partial charge >= 0.3 is 0 Å². The van der Waals surface area contributed by atoms with Gasteiger partial charge in [0.25, 0.3) is 0 Å². The highest BCUT2D eigenvalue weighted by atomic mass is 16.5. The lowest BCUT2D eigenvalue weighted by atomic mass is 9.98. The summed E-state index contributed by atoms with van der Waals surface area (Å²) in [6.07, 6.45) is 6.06. The van der Waals surface area contributed by atoms with Crippen LogP contribution in [0.4, 0.5) is 0 Å². The van der Waals surface area contributed by atoms with Crippen molar-refractivity contribution in [3.63, 3.8) is 0 Å². The quantitative estimate of drug-likeness (QED) is 0.644. The number of nitrogens with one attached hydrogen (secondary N) is 1. The van der Waals surface area contributed by atoms with E-state index in [9.17, 15) is 9.90 Å². The highest BCUT2D eigenvalue weighted by Crippen LogP contribution is 2.39. The Hall–Kier alpha value is -3.25. The molecule has 1 aromatic heterocycles. The number of allylic oxidation sites excluding steroid dienone is 1. The minimum atomic E-state index is -0.177. The summed E-state index contributed by atoms with van der Waals surface area (Å²) in [7, 11) is 3.60.